The Balaban J connectivity index is 1.42. The molecule has 0 spiro atoms. The zero-order valence-electron chi connectivity index (χ0n) is 16.0. The van der Waals surface area contributed by atoms with Crippen molar-refractivity contribution in [3.63, 3.8) is 0 Å². The topological polar surface area (TPSA) is 87.7 Å². The van der Waals surface area contributed by atoms with Crippen LogP contribution in [0.2, 0.25) is 0 Å². The molecule has 0 atom stereocenters. The Morgan fingerprint density at radius 2 is 1.90 bits per heavy atom. The first-order valence-electron chi connectivity index (χ1n) is 9.84. The molecule has 7 heteroatoms. The number of hydrogen-bond donors (Lipinski definition) is 2. The zero-order valence-corrected chi connectivity index (χ0v) is 16.0. The van der Waals surface area contributed by atoms with Gasteiger partial charge in [0, 0.05) is 17.3 Å². The van der Waals surface area contributed by atoms with Crippen LogP contribution in [0.4, 0.5) is 10.5 Å². The van der Waals surface area contributed by atoms with E-state index in [1.807, 2.05) is 24.3 Å². The predicted molar refractivity (Wildman–Crippen MR) is 108 cm³/mol. The van der Waals surface area contributed by atoms with Gasteiger partial charge in [0.15, 0.2) is 0 Å². The lowest BCUT2D eigenvalue weighted by molar-refractivity contribution is -0.125. The quantitative estimate of drug-likeness (QED) is 0.737. The molecule has 0 unspecified atom stereocenters. The van der Waals surface area contributed by atoms with Crippen LogP contribution in [0.15, 0.2) is 48.5 Å². The van der Waals surface area contributed by atoms with E-state index in [4.69, 9.17) is 4.74 Å². The predicted octanol–water partition coefficient (Wildman–Crippen LogP) is 3.31. The van der Waals surface area contributed by atoms with Gasteiger partial charge in [0.05, 0.1) is 19.2 Å². The van der Waals surface area contributed by atoms with Crippen molar-refractivity contribution >= 4 is 23.5 Å². The first-order chi connectivity index (χ1) is 14.1. The molecule has 1 saturated heterocycles. The number of carbonyl (C=O) groups is 3. The van der Waals surface area contributed by atoms with E-state index in [1.54, 1.807) is 24.3 Å². The van der Waals surface area contributed by atoms with Crippen LogP contribution < -0.4 is 15.4 Å². The summed E-state index contributed by atoms with van der Waals surface area (Å²) < 4.78 is 5.99. The fourth-order valence-corrected chi connectivity index (χ4v) is 3.66. The smallest absolute Gasteiger partial charge is 0.324 e. The van der Waals surface area contributed by atoms with Crippen molar-refractivity contribution in [2.75, 3.05) is 11.9 Å². The molecule has 4 rings (SSSR count). The van der Waals surface area contributed by atoms with Gasteiger partial charge < -0.3 is 15.4 Å². The molecule has 2 N–H and O–H groups in total. The molecule has 2 aliphatic rings. The number of benzene rings is 2. The lowest BCUT2D eigenvalue weighted by Gasteiger charge is -2.15. The Morgan fingerprint density at radius 3 is 2.66 bits per heavy atom. The number of urea groups is 1. The minimum atomic E-state index is -0.413. The Morgan fingerprint density at radius 1 is 1.10 bits per heavy atom. The molecular formula is C22H23N3O4. The van der Waals surface area contributed by atoms with E-state index in [-0.39, 0.29) is 31.0 Å². The maximum Gasteiger partial charge on any atom is 0.324 e. The van der Waals surface area contributed by atoms with E-state index in [1.165, 1.54) is 12.8 Å². The van der Waals surface area contributed by atoms with E-state index >= 15 is 0 Å². The molecule has 0 radical (unpaired) electrons. The second-order valence-electron chi connectivity index (χ2n) is 7.35. The third-order valence-corrected chi connectivity index (χ3v) is 5.16. The van der Waals surface area contributed by atoms with Crippen molar-refractivity contribution in [1.82, 2.24) is 10.2 Å². The number of ether oxygens (including phenoxy) is 1. The summed E-state index contributed by atoms with van der Waals surface area (Å²) in [7, 11) is 0. The maximum atomic E-state index is 12.7. The standard InChI is InChI=1S/C22H23N3O4/c26-20-13-23-22(28)25(20)14-15-5-3-6-16(11-15)21(27)24-17-7-4-10-19(12-17)29-18-8-1-2-9-18/h3-7,10-12,18H,1-2,8-9,13-14H2,(H,23,28)(H,24,27). The lowest BCUT2D eigenvalue weighted by atomic mass is 10.1. The minimum absolute atomic E-state index is 0.0122. The van der Waals surface area contributed by atoms with Gasteiger partial charge in [-0.25, -0.2) is 4.79 Å². The number of nitrogens with one attached hydrogen (secondary N) is 2. The van der Waals surface area contributed by atoms with Crippen LogP contribution in [0, 0.1) is 0 Å². The fraction of sp³-hybridized carbons (Fsp3) is 0.318. The second-order valence-corrected chi connectivity index (χ2v) is 7.35. The summed E-state index contributed by atoms with van der Waals surface area (Å²) in [6, 6.07) is 13.9. The number of imide groups is 1. The average Bonchev–Trinajstić information content (AvgIpc) is 3.34. The highest BCUT2D eigenvalue weighted by Gasteiger charge is 2.28. The maximum absolute atomic E-state index is 12.7. The lowest BCUT2D eigenvalue weighted by Crippen LogP contribution is -2.30. The molecule has 1 heterocycles. The Kier molecular flexibility index (Phi) is 5.46. The van der Waals surface area contributed by atoms with Crippen molar-refractivity contribution in [2.24, 2.45) is 0 Å². The van der Waals surface area contributed by atoms with Crippen molar-refractivity contribution < 1.29 is 19.1 Å². The molecule has 29 heavy (non-hydrogen) atoms. The van der Waals surface area contributed by atoms with Crippen LogP contribution in [-0.4, -0.2) is 35.4 Å². The van der Waals surface area contributed by atoms with Crippen molar-refractivity contribution in [3.05, 3.63) is 59.7 Å². The molecule has 0 bridgehead atoms. The number of anilines is 1. The highest BCUT2D eigenvalue weighted by atomic mass is 16.5. The number of rotatable bonds is 6. The second kappa shape index (κ2) is 8.34. The zero-order chi connectivity index (χ0) is 20.2. The number of carbonyl (C=O) groups excluding carboxylic acids is 3. The van der Waals surface area contributed by atoms with Gasteiger partial charge >= 0.3 is 6.03 Å². The van der Waals surface area contributed by atoms with E-state index in [9.17, 15) is 14.4 Å². The SMILES string of the molecule is O=C(Nc1cccc(OC2CCCC2)c1)c1cccc(CN2C(=O)CNC2=O)c1. The molecule has 1 saturated carbocycles. The van der Waals surface area contributed by atoms with E-state index < -0.39 is 6.03 Å². The Labute approximate surface area is 169 Å². The first-order valence-corrected chi connectivity index (χ1v) is 9.84. The summed E-state index contributed by atoms with van der Waals surface area (Å²) in [5.74, 6) is 0.216. The monoisotopic (exact) mass is 393 g/mol. The third kappa shape index (κ3) is 4.56. The molecular weight excluding hydrogens is 370 g/mol. The molecule has 2 aromatic rings. The van der Waals surface area contributed by atoms with Crippen LogP contribution >= 0.6 is 0 Å². The van der Waals surface area contributed by atoms with Crippen molar-refractivity contribution in [2.45, 2.75) is 38.3 Å². The summed E-state index contributed by atoms with van der Waals surface area (Å²) in [6.45, 7) is 0.148. The highest BCUT2D eigenvalue weighted by Crippen LogP contribution is 2.26. The van der Waals surface area contributed by atoms with Gasteiger partial charge in [-0.05, 0) is 55.5 Å². The summed E-state index contributed by atoms with van der Waals surface area (Å²) >= 11 is 0. The average molecular weight is 393 g/mol. The van der Waals surface area contributed by atoms with Crippen LogP contribution in [-0.2, 0) is 11.3 Å². The number of nitrogens with zero attached hydrogens (tertiary/aromatic N) is 1. The fourth-order valence-electron chi connectivity index (χ4n) is 3.66. The Bertz CT molecular complexity index is 921. The summed E-state index contributed by atoms with van der Waals surface area (Å²) in [4.78, 5) is 37.3. The third-order valence-electron chi connectivity index (χ3n) is 5.16. The molecule has 150 valence electrons. The highest BCUT2D eigenvalue weighted by molar-refractivity contribution is 6.04. The number of amides is 4. The summed E-state index contributed by atoms with van der Waals surface area (Å²) in [6.07, 6.45) is 4.79. The molecule has 0 aromatic heterocycles. The first kappa shape index (κ1) is 19.0. The summed E-state index contributed by atoms with van der Waals surface area (Å²) in [5.41, 5.74) is 1.82. The molecule has 1 aliphatic carbocycles. The molecule has 2 aromatic carbocycles. The molecule has 4 amide bonds. The molecule has 7 nitrogen and oxygen atoms in total. The van der Waals surface area contributed by atoms with E-state index in [0.29, 0.717) is 16.8 Å². The van der Waals surface area contributed by atoms with Crippen LogP contribution in [0.3, 0.4) is 0 Å². The molecule has 2 fully saturated rings. The largest absolute Gasteiger partial charge is 0.490 e. The normalized spacial score (nSPS) is 16.8. The van der Waals surface area contributed by atoms with Gasteiger partial charge in [-0.1, -0.05) is 18.2 Å². The van der Waals surface area contributed by atoms with Gasteiger partial charge in [0.1, 0.15) is 5.75 Å². The molecule has 1 aliphatic heterocycles. The Hall–Kier alpha value is -3.35. The van der Waals surface area contributed by atoms with Crippen LogP contribution in [0.1, 0.15) is 41.6 Å². The van der Waals surface area contributed by atoms with Gasteiger partial charge in [-0.2, -0.15) is 0 Å². The summed E-state index contributed by atoms with van der Waals surface area (Å²) in [5, 5.41) is 5.37. The van der Waals surface area contributed by atoms with E-state index in [0.717, 1.165) is 23.5 Å². The van der Waals surface area contributed by atoms with E-state index in [2.05, 4.69) is 10.6 Å². The number of hydrogen-bond acceptors (Lipinski definition) is 4. The van der Waals surface area contributed by atoms with Gasteiger partial charge in [0.25, 0.3) is 5.91 Å². The van der Waals surface area contributed by atoms with Crippen LogP contribution in [0.25, 0.3) is 0 Å². The van der Waals surface area contributed by atoms with Crippen molar-refractivity contribution in [3.8, 4) is 5.75 Å². The minimum Gasteiger partial charge on any atom is -0.490 e. The van der Waals surface area contributed by atoms with Crippen molar-refractivity contribution in [1.29, 1.82) is 0 Å². The van der Waals surface area contributed by atoms with Gasteiger partial charge in [-0.15, -0.1) is 0 Å². The van der Waals surface area contributed by atoms with Gasteiger partial charge in [-0.3, -0.25) is 14.5 Å². The van der Waals surface area contributed by atoms with Gasteiger partial charge in [0.2, 0.25) is 5.91 Å². The van der Waals surface area contributed by atoms with Crippen LogP contribution in [0.5, 0.6) is 5.75 Å².